The van der Waals surface area contributed by atoms with Gasteiger partial charge in [0.25, 0.3) is 0 Å². The summed E-state index contributed by atoms with van der Waals surface area (Å²) in [6, 6.07) is 4.48. The van der Waals surface area contributed by atoms with Gasteiger partial charge in [0.15, 0.2) is 0 Å². The Labute approximate surface area is 198 Å². The lowest BCUT2D eigenvalue weighted by Gasteiger charge is -2.55. The average Bonchev–Trinajstić information content (AvgIpc) is 3.48. The van der Waals surface area contributed by atoms with E-state index in [1.54, 1.807) is 11.3 Å². The van der Waals surface area contributed by atoms with Crippen LogP contribution in [0, 0.1) is 0 Å². The molecule has 0 saturated carbocycles. The molecule has 1 aliphatic heterocycles. The van der Waals surface area contributed by atoms with Crippen LogP contribution in [0.4, 0.5) is 5.95 Å². The highest BCUT2D eigenvalue weighted by Gasteiger charge is 2.44. The number of nitrogens with zero attached hydrogens (tertiary/aromatic N) is 7. The van der Waals surface area contributed by atoms with E-state index in [0.29, 0.717) is 12.0 Å². The second kappa shape index (κ2) is 7.85. The van der Waals surface area contributed by atoms with Gasteiger partial charge in [0.1, 0.15) is 5.69 Å². The Morgan fingerprint density at radius 2 is 1.76 bits per heavy atom. The van der Waals surface area contributed by atoms with Crippen molar-refractivity contribution >= 4 is 27.5 Å². The first-order chi connectivity index (χ1) is 15.7. The Bertz CT molecular complexity index is 1240. The minimum Gasteiger partial charge on any atom is -0.339 e. The van der Waals surface area contributed by atoms with Crippen molar-refractivity contribution in [2.75, 3.05) is 19.0 Å². The van der Waals surface area contributed by atoms with Crippen molar-refractivity contribution < 1.29 is 0 Å². The molecule has 0 aliphatic carbocycles. The largest absolute Gasteiger partial charge is 0.339 e. The highest BCUT2D eigenvalue weighted by Crippen LogP contribution is 2.39. The SMILES string of the molecule is CN(c1ncc(-c2ccc(-c3cn[nH]c3)c3ncsc23)nn1)C1CC(C)(C)N(C)C(C)(C)C1. The van der Waals surface area contributed by atoms with Crippen molar-refractivity contribution in [3.8, 4) is 22.4 Å². The summed E-state index contributed by atoms with van der Waals surface area (Å²) in [6.45, 7) is 9.24. The molecule has 172 valence electrons. The molecule has 5 rings (SSSR count). The zero-order chi connectivity index (χ0) is 23.4. The van der Waals surface area contributed by atoms with E-state index in [0.717, 1.165) is 45.4 Å². The predicted molar refractivity (Wildman–Crippen MR) is 133 cm³/mol. The molecule has 1 aliphatic rings. The van der Waals surface area contributed by atoms with E-state index >= 15 is 0 Å². The van der Waals surface area contributed by atoms with Gasteiger partial charge in [0.2, 0.25) is 5.95 Å². The van der Waals surface area contributed by atoms with Gasteiger partial charge in [-0.2, -0.15) is 5.10 Å². The molecule has 8 nitrogen and oxygen atoms in total. The number of rotatable bonds is 4. The van der Waals surface area contributed by atoms with Gasteiger partial charge >= 0.3 is 0 Å². The van der Waals surface area contributed by atoms with E-state index in [4.69, 9.17) is 4.98 Å². The number of benzene rings is 1. The van der Waals surface area contributed by atoms with Crippen LogP contribution in [0.1, 0.15) is 40.5 Å². The molecule has 9 heteroatoms. The lowest BCUT2D eigenvalue weighted by Crippen LogP contribution is -2.62. The first kappa shape index (κ1) is 21.9. The van der Waals surface area contributed by atoms with E-state index in [2.05, 4.69) is 89.1 Å². The highest BCUT2D eigenvalue weighted by atomic mass is 32.1. The third-order valence-corrected chi connectivity index (χ3v) is 8.13. The molecule has 33 heavy (non-hydrogen) atoms. The van der Waals surface area contributed by atoms with Gasteiger partial charge in [-0.3, -0.25) is 10.00 Å². The van der Waals surface area contributed by atoms with Crippen molar-refractivity contribution in [1.82, 2.24) is 35.3 Å². The number of anilines is 1. The maximum absolute atomic E-state index is 4.72. The number of fused-ring (bicyclic) bond motifs is 1. The van der Waals surface area contributed by atoms with E-state index in [1.165, 1.54) is 0 Å². The third kappa shape index (κ3) is 3.79. The molecule has 1 saturated heterocycles. The molecule has 0 spiro atoms. The van der Waals surface area contributed by atoms with E-state index in [-0.39, 0.29) is 11.1 Å². The summed E-state index contributed by atoms with van der Waals surface area (Å²) in [4.78, 5) is 14.0. The summed E-state index contributed by atoms with van der Waals surface area (Å²) < 4.78 is 1.07. The van der Waals surface area contributed by atoms with Crippen LogP contribution in [0.5, 0.6) is 0 Å². The fourth-order valence-corrected chi connectivity index (χ4v) is 5.93. The number of aromatic nitrogens is 6. The van der Waals surface area contributed by atoms with Crippen molar-refractivity contribution in [1.29, 1.82) is 0 Å². The first-order valence-electron chi connectivity index (χ1n) is 11.2. The minimum absolute atomic E-state index is 0.0998. The Balaban J connectivity index is 1.43. The maximum atomic E-state index is 4.72. The third-order valence-electron chi connectivity index (χ3n) is 7.27. The molecule has 4 aromatic rings. The van der Waals surface area contributed by atoms with E-state index < -0.39 is 0 Å². The van der Waals surface area contributed by atoms with Gasteiger partial charge in [0, 0.05) is 47.1 Å². The fraction of sp³-hybridized carbons (Fsp3) is 0.458. The monoisotopic (exact) mass is 462 g/mol. The minimum atomic E-state index is 0.0998. The number of piperidine rings is 1. The molecule has 1 fully saturated rings. The highest BCUT2D eigenvalue weighted by molar-refractivity contribution is 7.17. The summed E-state index contributed by atoms with van der Waals surface area (Å²) in [6.07, 6.45) is 7.61. The average molecular weight is 463 g/mol. The van der Waals surface area contributed by atoms with Crippen molar-refractivity contribution in [2.45, 2.75) is 57.7 Å². The molecule has 0 unspecified atom stereocenters. The Morgan fingerprint density at radius 3 is 2.39 bits per heavy atom. The van der Waals surface area contributed by atoms with Gasteiger partial charge in [-0.25, -0.2) is 9.97 Å². The first-order valence-corrected chi connectivity index (χ1v) is 12.1. The quantitative estimate of drug-likeness (QED) is 0.473. The zero-order valence-electron chi connectivity index (χ0n) is 20.0. The lowest BCUT2D eigenvalue weighted by molar-refractivity contribution is -0.0121. The Morgan fingerprint density at radius 1 is 1.03 bits per heavy atom. The summed E-state index contributed by atoms with van der Waals surface area (Å²) in [5, 5.41) is 16.0. The van der Waals surface area contributed by atoms with Gasteiger partial charge in [-0.05, 0) is 47.6 Å². The van der Waals surface area contributed by atoms with Crippen molar-refractivity contribution in [3.05, 3.63) is 36.2 Å². The molecule has 3 aromatic heterocycles. The van der Waals surface area contributed by atoms with Gasteiger partial charge < -0.3 is 4.90 Å². The number of thiazole rings is 1. The standard InChI is InChI=1S/C24H30N8S/c1-23(2)9-16(10-24(3,4)32(23)6)31(5)22-25-13-19(29-30-22)18-8-7-17(15-11-27-28-12-15)20-21(18)33-14-26-20/h7-8,11-14,16H,9-10H2,1-6H3,(H,27,28). The topological polar surface area (TPSA) is 86.7 Å². The maximum Gasteiger partial charge on any atom is 0.245 e. The number of nitrogens with one attached hydrogen (secondary N) is 1. The van der Waals surface area contributed by atoms with Crippen LogP contribution < -0.4 is 4.90 Å². The fourth-order valence-electron chi connectivity index (χ4n) is 5.09. The van der Waals surface area contributed by atoms with Gasteiger partial charge in [-0.15, -0.1) is 21.5 Å². The number of hydrogen-bond acceptors (Lipinski definition) is 8. The second-order valence-corrected chi connectivity index (χ2v) is 11.0. The van der Waals surface area contributed by atoms with Gasteiger partial charge in [0.05, 0.1) is 28.1 Å². The number of hydrogen-bond donors (Lipinski definition) is 1. The van der Waals surface area contributed by atoms with E-state index in [1.807, 2.05) is 24.1 Å². The number of likely N-dealkylation sites (tertiary alicyclic amines) is 1. The predicted octanol–water partition coefficient (Wildman–Crippen LogP) is 4.63. The summed E-state index contributed by atoms with van der Waals surface area (Å²) in [7, 11) is 4.31. The van der Waals surface area contributed by atoms with Crippen LogP contribution in [0.2, 0.25) is 0 Å². The number of aromatic amines is 1. The van der Waals surface area contributed by atoms with Crippen LogP contribution >= 0.6 is 11.3 Å². The lowest BCUT2D eigenvalue weighted by atomic mass is 9.77. The van der Waals surface area contributed by atoms with Crippen LogP contribution in [0.25, 0.3) is 32.6 Å². The van der Waals surface area contributed by atoms with Gasteiger partial charge in [-0.1, -0.05) is 12.1 Å². The summed E-state index contributed by atoms with van der Waals surface area (Å²) >= 11 is 1.60. The molecule has 0 bridgehead atoms. The van der Waals surface area contributed by atoms with Crippen molar-refractivity contribution in [2.24, 2.45) is 0 Å². The van der Waals surface area contributed by atoms with E-state index in [9.17, 15) is 0 Å². The van der Waals surface area contributed by atoms with Crippen LogP contribution in [0.3, 0.4) is 0 Å². The van der Waals surface area contributed by atoms with Crippen LogP contribution in [-0.2, 0) is 0 Å². The molecule has 0 amide bonds. The smallest absolute Gasteiger partial charge is 0.245 e. The molecule has 0 radical (unpaired) electrons. The molecular formula is C24H30N8S. The normalized spacial score (nSPS) is 18.6. The number of H-pyrrole nitrogens is 1. The molecule has 4 heterocycles. The molecule has 1 N–H and O–H groups in total. The molecule has 0 atom stereocenters. The summed E-state index contributed by atoms with van der Waals surface area (Å²) in [5.41, 5.74) is 6.82. The van der Waals surface area contributed by atoms with Crippen LogP contribution in [0.15, 0.2) is 36.2 Å². The Hall–Kier alpha value is -2.91. The molecule has 1 aromatic carbocycles. The Kier molecular flexibility index (Phi) is 5.21. The second-order valence-electron chi connectivity index (χ2n) is 10.2. The molecular weight excluding hydrogens is 432 g/mol. The zero-order valence-corrected chi connectivity index (χ0v) is 20.8. The van der Waals surface area contributed by atoms with Crippen molar-refractivity contribution in [3.63, 3.8) is 0 Å². The van der Waals surface area contributed by atoms with Crippen LogP contribution in [-0.4, -0.2) is 66.5 Å². The summed E-state index contributed by atoms with van der Waals surface area (Å²) in [5.74, 6) is 0.662.